The number of thiazole rings is 1. The normalized spacial score (nSPS) is 10.0. The Balaban J connectivity index is 1.55. The van der Waals surface area contributed by atoms with Crippen LogP contribution in [0.5, 0.6) is 5.75 Å². The van der Waals surface area contributed by atoms with E-state index in [0.29, 0.717) is 22.0 Å². The minimum Gasteiger partial charge on any atom is -0.497 e. The highest BCUT2D eigenvalue weighted by Gasteiger charge is 2.09. The van der Waals surface area contributed by atoms with E-state index in [2.05, 4.69) is 10.3 Å². The number of carbonyl (C=O) groups excluding carboxylic acids is 1. The molecular formula is C19H15N3O3S. The molecule has 0 saturated carbocycles. The average Bonchev–Trinajstić information content (AvgIpc) is 3.14. The van der Waals surface area contributed by atoms with E-state index in [9.17, 15) is 4.79 Å². The number of methoxy groups -OCH3 is 1. The third-order valence-corrected chi connectivity index (χ3v) is 4.30. The first-order valence-electron chi connectivity index (χ1n) is 7.70. The van der Waals surface area contributed by atoms with E-state index in [0.717, 1.165) is 11.4 Å². The van der Waals surface area contributed by atoms with Crippen LogP contribution in [-0.2, 0) is 11.3 Å². The number of nitriles is 1. The van der Waals surface area contributed by atoms with Gasteiger partial charge in [-0.3, -0.25) is 0 Å². The highest BCUT2D eigenvalue weighted by molar-refractivity contribution is 7.13. The Morgan fingerprint density at radius 2 is 1.92 bits per heavy atom. The number of ether oxygens (including phenoxy) is 2. The zero-order valence-electron chi connectivity index (χ0n) is 13.9. The molecule has 0 aliphatic carbocycles. The van der Waals surface area contributed by atoms with Gasteiger partial charge in [-0.25, -0.2) is 9.78 Å². The lowest BCUT2D eigenvalue weighted by molar-refractivity contribution is 0.0468. The van der Waals surface area contributed by atoms with E-state index in [4.69, 9.17) is 14.7 Å². The molecule has 1 aromatic heterocycles. The Kier molecular flexibility index (Phi) is 5.46. The zero-order valence-corrected chi connectivity index (χ0v) is 14.7. The smallest absolute Gasteiger partial charge is 0.338 e. The molecule has 7 heteroatoms. The molecule has 0 unspecified atom stereocenters. The second-order valence-corrected chi connectivity index (χ2v) is 6.12. The number of esters is 1. The van der Waals surface area contributed by atoms with E-state index in [1.807, 2.05) is 35.7 Å². The van der Waals surface area contributed by atoms with Crippen molar-refractivity contribution in [3.05, 3.63) is 70.7 Å². The van der Waals surface area contributed by atoms with Gasteiger partial charge in [0, 0.05) is 11.1 Å². The van der Waals surface area contributed by atoms with Crippen molar-refractivity contribution in [3.8, 4) is 11.8 Å². The van der Waals surface area contributed by atoms with Crippen LogP contribution in [0.15, 0.2) is 53.9 Å². The molecule has 0 aliphatic rings. The van der Waals surface area contributed by atoms with Gasteiger partial charge in [-0.05, 0) is 48.5 Å². The largest absolute Gasteiger partial charge is 0.497 e. The highest BCUT2D eigenvalue weighted by atomic mass is 32.1. The van der Waals surface area contributed by atoms with Crippen molar-refractivity contribution in [1.82, 2.24) is 4.98 Å². The Bertz CT molecular complexity index is 928. The van der Waals surface area contributed by atoms with Crippen molar-refractivity contribution >= 4 is 28.1 Å². The van der Waals surface area contributed by atoms with Crippen LogP contribution in [0.2, 0.25) is 0 Å². The first kappa shape index (κ1) is 17.5. The summed E-state index contributed by atoms with van der Waals surface area (Å²) >= 11 is 1.43. The molecule has 0 amide bonds. The minimum atomic E-state index is -0.452. The Morgan fingerprint density at radius 1 is 1.19 bits per heavy atom. The third kappa shape index (κ3) is 4.37. The number of rotatable bonds is 6. The maximum Gasteiger partial charge on any atom is 0.338 e. The van der Waals surface area contributed by atoms with Crippen LogP contribution in [0.25, 0.3) is 0 Å². The summed E-state index contributed by atoms with van der Waals surface area (Å²) in [5.41, 5.74) is 2.44. The fourth-order valence-corrected chi connectivity index (χ4v) is 2.85. The van der Waals surface area contributed by atoms with E-state index in [1.54, 1.807) is 31.4 Å². The SMILES string of the molecule is COc1ccc(Nc2nc(COC(=O)c3ccc(C#N)cc3)cs2)cc1. The molecule has 3 aromatic rings. The molecule has 26 heavy (non-hydrogen) atoms. The highest BCUT2D eigenvalue weighted by Crippen LogP contribution is 2.23. The maximum absolute atomic E-state index is 12.0. The number of hydrogen-bond acceptors (Lipinski definition) is 7. The summed E-state index contributed by atoms with van der Waals surface area (Å²) in [5.74, 6) is 0.331. The number of benzene rings is 2. The van der Waals surface area contributed by atoms with Crippen LogP contribution in [0.4, 0.5) is 10.8 Å². The lowest BCUT2D eigenvalue weighted by Crippen LogP contribution is -2.05. The average molecular weight is 365 g/mol. The molecule has 0 spiro atoms. The van der Waals surface area contributed by atoms with Crippen molar-refractivity contribution < 1.29 is 14.3 Å². The predicted octanol–water partition coefficient (Wildman–Crippen LogP) is 4.12. The molecule has 0 radical (unpaired) electrons. The number of anilines is 2. The number of aromatic nitrogens is 1. The Hall–Kier alpha value is -3.37. The summed E-state index contributed by atoms with van der Waals surface area (Å²) in [6.07, 6.45) is 0. The van der Waals surface area contributed by atoms with Gasteiger partial charge >= 0.3 is 5.97 Å². The van der Waals surface area contributed by atoms with Crippen molar-refractivity contribution in [2.45, 2.75) is 6.61 Å². The molecule has 1 heterocycles. The van der Waals surface area contributed by atoms with Crippen LogP contribution < -0.4 is 10.1 Å². The van der Waals surface area contributed by atoms with Gasteiger partial charge in [0.2, 0.25) is 0 Å². The summed E-state index contributed by atoms with van der Waals surface area (Å²) < 4.78 is 10.4. The molecule has 3 rings (SSSR count). The van der Waals surface area contributed by atoms with Gasteiger partial charge in [0.1, 0.15) is 12.4 Å². The van der Waals surface area contributed by atoms with E-state index < -0.39 is 5.97 Å². The zero-order chi connectivity index (χ0) is 18.4. The van der Waals surface area contributed by atoms with E-state index in [1.165, 1.54) is 11.3 Å². The maximum atomic E-state index is 12.0. The molecule has 0 aliphatic heterocycles. The summed E-state index contributed by atoms with van der Waals surface area (Å²) in [7, 11) is 1.62. The molecule has 130 valence electrons. The number of nitrogens with zero attached hydrogens (tertiary/aromatic N) is 2. The van der Waals surface area contributed by atoms with Crippen molar-refractivity contribution in [1.29, 1.82) is 5.26 Å². The molecule has 0 bridgehead atoms. The van der Waals surface area contributed by atoms with Crippen LogP contribution >= 0.6 is 11.3 Å². The Labute approximate surface area is 154 Å². The molecular weight excluding hydrogens is 350 g/mol. The van der Waals surface area contributed by atoms with Gasteiger partial charge in [-0.15, -0.1) is 11.3 Å². The molecule has 2 aromatic carbocycles. The summed E-state index contributed by atoms with van der Waals surface area (Å²) in [6, 6.07) is 15.8. The van der Waals surface area contributed by atoms with Gasteiger partial charge in [0.15, 0.2) is 5.13 Å². The van der Waals surface area contributed by atoms with E-state index in [-0.39, 0.29) is 6.61 Å². The van der Waals surface area contributed by atoms with Crippen molar-refractivity contribution in [2.24, 2.45) is 0 Å². The number of carbonyl (C=O) groups is 1. The summed E-state index contributed by atoms with van der Waals surface area (Å²) in [4.78, 5) is 16.4. The molecule has 0 atom stereocenters. The second-order valence-electron chi connectivity index (χ2n) is 5.26. The van der Waals surface area contributed by atoms with E-state index >= 15 is 0 Å². The third-order valence-electron chi connectivity index (χ3n) is 3.49. The first-order valence-corrected chi connectivity index (χ1v) is 8.58. The summed E-state index contributed by atoms with van der Waals surface area (Å²) in [6.45, 7) is 0.0830. The molecule has 6 nitrogen and oxygen atoms in total. The van der Waals surface area contributed by atoms with Gasteiger partial charge in [0.25, 0.3) is 0 Å². The van der Waals surface area contributed by atoms with Crippen LogP contribution in [0.1, 0.15) is 21.6 Å². The lowest BCUT2D eigenvalue weighted by Gasteiger charge is -2.04. The molecule has 1 N–H and O–H groups in total. The molecule has 0 saturated heterocycles. The van der Waals surface area contributed by atoms with Crippen LogP contribution in [-0.4, -0.2) is 18.1 Å². The standard InChI is InChI=1S/C19H15N3O3S/c1-24-17-8-6-15(7-9-17)21-19-22-16(12-26-19)11-25-18(23)14-4-2-13(10-20)3-5-14/h2-9,12H,11H2,1H3,(H,21,22). The minimum absolute atomic E-state index is 0.0830. The quantitative estimate of drug-likeness (QED) is 0.661. The van der Waals surface area contributed by atoms with Crippen molar-refractivity contribution in [2.75, 3.05) is 12.4 Å². The van der Waals surface area contributed by atoms with Crippen molar-refractivity contribution in [3.63, 3.8) is 0 Å². The van der Waals surface area contributed by atoms with Gasteiger partial charge in [-0.2, -0.15) is 5.26 Å². The number of hydrogen-bond donors (Lipinski definition) is 1. The van der Waals surface area contributed by atoms with Crippen LogP contribution in [0, 0.1) is 11.3 Å². The summed E-state index contributed by atoms with van der Waals surface area (Å²) in [5, 5.41) is 14.5. The lowest BCUT2D eigenvalue weighted by atomic mass is 10.1. The molecule has 0 fully saturated rings. The number of nitrogens with one attached hydrogen (secondary N) is 1. The second kappa shape index (κ2) is 8.14. The van der Waals surface area contributed by atoms with Gasteiger partial charge in [0.05, 0.1) is 30.0 Å². The first-order chi connectivity index (χ1) is 12.7. The fourth-order valence-electron chi connectivity index (χ4n) is 2.13. The van der Waals surface area contributed by atoms with Gasteiger partial charge < -0.3 is 14.8 Å². The van der Waals surface area contributed by atoms with Gasteiger partial charge in [-0.1, -0.05) is 0 Å². The monoisotopic (exact) mass is 365 g/mol. The van der Waals surface area contributed by atoms with Crippen LogP contribution in [0.3, 0.4) is 0 Å². The Morgan fingerprint density at radius 3 is 2.58 bits per heavy atom. The fraction of sp³-hybridized carbons (Fsp3) is 0.105. The topological polar surface area (TPSA) is 84.2 Å². The predicted molar refractivity (Wildman–Crippen MR) is 98.7 cm³/mol.